The summed E-state index contributed by atoms with van der Waals surface area (Å²) in [6.45, 7) is 2.12. The Labute approximate surface area is 129 Å². The van der Waals surface area contributed by atoms with Gasteiger partial charge in [0.05, 0.1) is 0 Å². The molecule has 0 atom stereocenters. The van der Waals surface area contributed by atoms with Gasteiger partial charge in [-0.05, 0) is 37.5 Å². The van der Waals surface area contributed by atoms with Crippen LogP contribution < -0.4 is 4.90 Å². The highest BCUT2D eigenvalue weighted by Gasteiger charge is 2.16. The fourth-order valence-corrected chi connectivity index (χ4v) is 3.47. The Bertz CT molecular complexity index is 851. The van der Waals surface area contributed by atoms with E-state index in [2.05, 4.69) is 4.90 Å². The first-order valence-corrected chi connectivity index (χ1v) is 7.87. The highest BCUT2D eigenvalue weighted by Crippen LogP contribution is 2.42. The quantitative estimate of drug-likeness (QED) is 0.516. The van der Waals surface area contributed by atoms with Crippen molar-refractivity contribution in [3.8, 4) is 11.5 Å². The molecule has 0 aromatic heterocycles. The average molecular weight is 293 g/mol. The standard InChI is InChI=1S/C19H19NO2/c21-18-14-6-2-3-7-15(14)19(22)17-12-13(8-9-16(17)18)20-10-4-1-5-11-20/h2-3,6-9,12,21-22H,1,4-5,10-11H2. The Morgan fingerprint density at radius 1 is 0.682 bits per heavy atom. The molecule has 0 amide bonds. The maximum atomic E-state index is 10.6. The van der Waals surface area contributed by atoms with Crippen LogP contribution in [0.2, 0.25) is 0 Å². The summed E-state index contributed by atoms with van der Waals surface area (Å²) in [4.78, 5) is 2.36. The zero-order valence-corrected chi connectivity index (χ0v) is 12.4. The van der Waals surface area contributed by atoms with Crippen molar-refractivity contribution >= 4 is 27.2 Å². The molecule has 0 saturated carbocycles. The number of benzene rings is 3. The van der Waals surface area contributed by atoms with E-state index in [0.717, 1.165) is 24.2 Å². The minimum atomic E-state index is 0.244. The molecule has 4 rings (SSSR count). The molecule has 112 valence electrons. The number of aromatic hydroxyl groups is 2. The monoisotopic (exact) mass is 293 g/mol. The Morgan fingerprint density at radius 2 is 1.27 bits per heavy atom. The van der Waals surface area contributed by atoms with Crippen LogP contribution in [0.5, 0.6) is 11.5 Å². The molecule has 3 nitrogen and oxygen atoms in total. The summed E-state index contributed by atoms with van der Waals surface area (Å²) < 4.78 is 0. The van der Waals surface area contributed by atoms with Gasteiger partial charge in [-0.1, -0.05) is 24.3 Å². The molecule has 3 heteroatoms. The Morgan fingerprint density at radius 3 is 1.95 bits per heavy atom. The van der Waals surface area contributed by atoms with Crippen LogP contribution in [-0.2, 0) is 0 Å². The minimum Gasteiger partial charge on any atom is -0.507 e. The lowest BCUT2D eigenvalue weighted by Gasteiger charge is -2.29. The zero-order chi connectivity index (χ0) is 15.1. The van der Waals surface area contributed by atoms with Crippen molar-refractivity contribution in [3.63, 3.8) is 0 Å². The van der Waals surface area contributed by atoms with Crippen molar-refractivity contribution in [1.29, 1.82) is 0 Å². The number of phenolic OH excluding ortho intramolecular Hbond substituents is 2. The van der Waals surface area contributed by atoms with Crippen LogP contribution in [0.4, 0.5) is 5.69 Å². The first-order chi connectivity index (χ1) is 10.8. The summed E-state index contributed by atoms with van der Waals surface area (Å²) in [5.41, 5.74) is 1.12. The first kappa shape index (κ1) is 13.3. The zero-order valence-electron chi connectivity index (χ0n) is 12.4. The third-order valence-electron chi connectivity index (χ3n) is 4.67. The number of rotatable bonds is 1. The SMILES string of the molecule is Oc1c2ccccc2c(O)c2cc(N3CCCCC3)ccc12. The van der Waals surface area contributed by atoms with Crippen molar-refractivity contribution < 1.29 is 10.2 Å². The summed E-state index contributed by atoms with van der Waals surface area (Å²) in [6, 6.07) is 13.4. The molecule has 22 heavy (non-hydrogen) atoms. The van der Waals surface area contributed by atoms with Gasteiger partial charge in [-0.3, -0.25) is 0 Å². The number of piperidine rings is 1. The molecule has 0 radical (unpaired) electrons. The molecule has 1 fully saturated rings. The van der Waals surface area contributed by atoms with E-state index in [9.17, 15) is 10.2 Å². The maximum Gasteiger partial charge on any atom is 0.131 e. The van der Waals surface area contributed by atoms with Crippen molar-refractivity contribution in [2.75, 3.05) is 18.0 Å². The fraction of sp³-hybridized carbons (Fsp3) is 0.263. The van der Waals surface area contributed by atoms with Crippen LogP contribution in [-0.4, -0.2) is 23.3 Å². The summed E-state index contributed by atoms with van der Waals surface area (Å²) in [5.74, 6) is 0.496. The van der Waals surface area contributed by atoms with Gasteiger partial charge < -0.3 is 15.1 Å². The summed E-state index contributed by atoms with van der Waals surface area (Å²) in [5, 5.41) is 24.0. The molecule has 1 heterocycles. The summed E-state index contributed by atoms with van der Waals surface area (Å²) >= 11 is 0. The Balaban J connectivity index is 1.95. The molecule has 0 spiro atoms. The molecule has 3 aromatic carbocycles. The molecular weight excluding hydrogens is 274 g/mol. The number of phenols is 2. The topological polar surface area (TPSA) is 43.7 Å². The molecule has 1 saturated heterocycles. The summed E-state index contributed by atoms with van der Waals surface area (Å²) in [7, 11) is 0. The van der Waals surface area contributed by atoms with Crippen molar-refractivity contribution in [2.24, 2.45) is 0 Å². The molecule has 3 aromatic rings. The van der Waals surface area contributed by atoms with Gasteiger partial charge in [0, 0.05) is 40.3 Å². The van der Waals surface area contributed by atoms with E-state index in [1.54, 1.807) is 0 Å². The second-order valence-electron chi connectivity index (χ2n) is 6.02. The smallest absolute Gasteiger partial charge is 0.131 e. The third-order valence-corrected chi connectivity index (χ3v) is 4.67. The van der Waals surface area contributed by atoms with E-state index in [1.807, 2.05) is 42.5 Å². The van der Waals surface area contributed by atoms with Gasteiger partial charge in [-0.25, -0.2) is 0 Å². The van der Waals surface area contributed by atoms with Gasteiger partial charge in [-0.2, -0.15) is 0 Å². The number of fused-ring (bicyclic) bond motifs is 2. The van der Waals surface area contributed by atoms with Crippen molar-refractivity contribution in [3.05, 3.63) is 42.5 Å². The van der Waals surface area contributed by atoms with Gasteiger partial charge in [0.1, 0.15) is 11.5 Å². The lowest BCUT2D eigenvalue weighted by Crippen LogP contribution is -2.29. The second-order valence-corrected chi connectivity index (χ2v) is 6.02. The molecule has 2 N–H and O–H groups in total. The molecule has 0 unspecified atom stereocenters. The fourth-order valence-electron chi connectivity index (χ4n) is 3.47. The Hall–Kier alpha value is -2.42. The van der Waals surface area contributed by atoms with Crippen LogP contribution in [0.1, 0.15) is 19.3 Å². The van der Waals surface area contributed by atoms with Crippen LogP contribution in [0.3, 0.4) is 0 Å². The van der Waals surface area contributed by atoms with E-state index in [4.69, 9.17) is 0 Å². The lowest BCUT2D eigenvalue weighted by atomic mass is 9.99. The molecule has 1 aliphatic heterocycles. The number of anilines is 1. The average Bonchev–Trinajstić information content (AvgIpc) is 2.60. The predicted molar refractivity (Wildman–Crippen MR) is 90.8 cm³/mol. The second kappa shape index (κ2) is 5.09. The van der Waals surface area contributed by atoms with Gasteiger partial charge in [0.25, 0.3) is 0 Å². The van der Waals surface area contributed by atoms with Crippen molar-refractivity contribution in [2.45, 2.75) is 19.3 Å². The lowest BCUT2D eigenvalue weighted by molar-refractivity contribution is 0.478. The van der Waals surface area contributed by atoms with Crippen LogP contribution in [0.15, 0.2) is 42.5 Å². The number of hydrogen-bond acceptors (Lipinski definition) is 3. The van der Waals surface area contributed by atoms with Gasteiger partial charge >= 0.3 is 0 Å². The van der Waals surface area contributed by atoms with Crippen LogP contribution in [0.25, 0.3) is 21.5 Å². The van der Waals surface area contributed by atoms with Gasteiger partial charge in [0.2, 0.25) is 0 Å². The number of nitrogens with zero attached hydrogens (tertiary/aromatic N) is 1. The van der Waals surface area contributed by atoms with E-state index in [-0.39, 0.29) is 11.5 Å². The minimum absolute atomic E-state index is 0.244. The number of hydrogen-bond donors (Lipinski definition) is 2. The largest absolute Gasteiger partial charge is 0.507 e. The molecule has 0 aliphatic carbocycles. The molecular formula is C19H19NO2. The van der Waals surface area contributed by atoms with E-state index < -0.39 is 0 Å². The van der Waals surface area contributed by atoms with E-state index in [0.29, 0.717) is 16.2 Å². The van der Waals surface area contributed by atoms with Gasteiger partial charge in [0.15, 0.2) is 0 Å². The third kappa shape index (κ3) is 1.97. The van der Waals surface area contributed by atoms with Crippen molar-refractivity contribution in [1.82, 2.24) is 0 Å². The normalized spacial score (nSPS) is 15.5. The van der Waals surface area contributed by atoms with E-state index in [1.165, 1.54) is 19.3 Å². The summed E-state index contributed by atoms with van der Waals surface area (Å²) in [6.07, 6.45) is 3.72. The molecule has 1 aliphatic rings. The van der Waals surface area contributed by atoms with Gasteiger partial charge in [-0.15, -0.1) is 0 Å². The molecule has 0 bridgehead atoms. The maximum absolute atomic E-state index is 10.6. The first-order valence-electron chi connectivity index (χ1n) is 7.87. The Kier molecular flexibility index (Phi) is 3.07. The van der Waals surface area contributed by atoms with Crippen LogP contribution >= 0.6 is 0 Å². The highest BCUT2D eigenvalue weighted by atomic mass is 16.3. The predicted octanol–water partition coefficient (Wildman–Crippen LogP) is 4.39. The highest BCUT2D eigenvalue weighted by molar-refractivity contribution is 6.11. The van der Waals surface area contributed by atoms with E-state index >= 15 is 0 Å². The van der Waals surface area contributed by atoms with Crippen LogP contribution in [0, 0.1) is 0 Å².